The Balaban J connectivity index is 1.90. The second-order valence-electron chi connectivity index (χ2n) is 5.67. The van der Waals surface area contributed by atoms with E-state index in [0.717, 1.165) is 10.9 Å². The van der Waals surface area contributed by atoms with Gasteiger partial charge in [-0.25, -0.2) is 9.97 Å². The van der Waals surface area contributed by atoms with Crippen molar-refractivity contribution in [1.29, 1.82) is 0 Å². The summed E-state index contributed by atoms with van der Waals surface area (Å²) in [5.74, 6) is 1.01. The number of fused-ring (bicyclic) bond motifs is 1. The van der Waals surface area contributed by atoms with Crippen LogP contribution >= 0.6 is 0 Å². The lowest BCUT2D eigenvalue weighted by atomic mass is 10.2. The molecule has 4 rings (SSSR count). The SMILES string of the molecule is COc1ccc2nc(-c3cccnc3)nc(Nc3cn[nH]c3C(N)=O)c2c1. The summed E-state index contributed by atoms with van der Waals surface area (Å²) in [6, 6.07) is 9.15. The smallest absolute Gasteiger partial charge is 0.268 e. The third-order valence-electron chi connectivity index (χ3n) is 3.96. The molecule has 0 bridgehead atoms. The zero-order valence-electron chi connectivity index (χ0n) is 14.3. The maximum Gasteiger partial charge on any atom is 0.268 e. The van der Waals surface area contributed by atoms with E-state index in [1.807, 2.05) is 30.3 Å². The van der Waals surface area contributed by atoms with Crippen molar-refractivity contribution in [2.75, 3.05) is 12.4 Å². The van der Waals surface area contributed by atoms with Gasteiger partial charge in [-0.1, -0.05) is 0 Å². The van der Waals surface area contributed by atoms with Crippen LogP contribution < -0.4 is 15.8 Å². The first-order chi connectivity index (χ1) is 13.2. The van der Waals surface area contributed by atoms with Gasteiger partial charge >= 0.3 is 0 Å². The van der Waals surface area contributed by atoms with Crippen molar-refractivity contribution < 1.29 is 9.53 Å². The fourth-order valence-electron chi connectivity index (χ4n) is 2.65. The standard InChI is InChI=1S/C18H15N7O2/c1-27-11-4-5-13-12(7-11)18(23-14-9-21-25-15(14)16(19)26)24-17(22-13)10-3-2-6-20-8-10/h2-9H,1H3,(H2,19,26)(H,21,25)(H,22,23,24). The molecule has 3 aromatic heterocycles. The maximum atomic E-state index is 11.6. The first-order valence-electron chi connectivity index (χ1n) is 8.02. The summed E-state index contributed by atoms with van der Waals surface area (Å²) >= 11 is 0. The number of carbonyl (C=O) groups is 1. The van der Waals surface area contributed by atoms with Crippen LogP contribution in [0.4, 0.5) is 11.5 Å². The van der Waals surface area contributed by atoms with E-state index in [1.165, 1.54) is 6.20 Å². The topological polar surface area (TPSA) is 132 Å². The molecule has 4 N–H and O–H groups in total. The Hall–Kier alpha value is -4.01. The lowest BCUT2D eigenvalue weighted by Crippen LogP contribution is -2.13. The number of nitrogens with two attached hydrogens (primary N) is 1. The van der Waals surface area contributed by atoms with E-state index in [-0.39, 0.29) is 5.69 Å². The predicted octanol–water partition coefficient (Wildman–Crippen LogP) is 2.27. The minimum absolute atomic E-state index is 0.160. The Morgan fingerprint density at radius 3 is 2.85 bits per heavy atom. The summed E-state index contributed by atoms with van der Waals surface area (Å²) in [5, 5.41) is 10.3. The Labute approximate surface area is 153 Å². The van der Waals surface area contributed by atoms with Crippen molar-refractivity contribution in [2.45, 2.75) is 0 Å². The third-order valence-corrected chi connectivity index (χ3v) is 3.96. The second-order valence-corrected chi connectivity index (χ2v) is 5.67. The lowest BCUT2D eigenvalue weighted by molar-refractivity contribution is 0.0996. The summed E-state index contributed by atoms with van der Waals surface area (Å²) in [6.45, 7) is 0. The van der Waals surface area contributed by atoms with Gasteiger partial charge in [0, 0.05) is 23.3 Å². The van der Waals surface area contributed by atoms with Crippen molar-refractivity contribution in [3.63, 3.8) is 0 Å². The fraction of sp³-hybridized carbons (Fsp3) is 0.0556. The number of nitrogens with one attached hydrogen (secondary N) is 2. The highest BCUT2D eigenvalue weighted by Crippen LogP contribution is 2.30. The Bertz CT molecular complexity index is 1130. The molecule has 1 amide bonds. The number of aromatic nitrogens is 5. The molecule has 1 aromatic carbocycles. The van der Waals surface area contributed by atoms with E-state index < -0.39 is 5.91 Å². The van der Waals surface area contributed by atoms with Crippen LogP contribution in [0.25, 0.3) is 22.3 Å². The highest BCUT2D eigenvalue weighted by molar-refractivity contribution is 5.99. The van der Waals surface area contributed by atoms with Crippen LogP contribution in [0.3, 0.4) is 0 Å². The highest BCUT2D eigenvalue weighted by atomic mass is 16.5. The number of carbonyl (C=O) groups excluding carboxylic acids is 1. The molecule has 4 aromatic rings. The number of aromatic amines is 1. The molecule has 3 heterocycles. The van der Waals surface area contributed by atoms with Gasteiger partial charge in [0.15, 0.2) is 5.82 Å². The molecule has 9 nitrogen and oxygen atoms in total. The van der Waals surface area contributed by atoms with Crippen LogP contribution in [-0.4, -0.2) is 38.2 Å². The van der Waals surface area contributed by atoms with E-state index >= 15 is 0 Å². The van der Waals surface area contributed by atoms with Crippen LogP contribution in [0.2, 0.25) is 0 Å². The van der Waals surface area contributed by atoms with Gasteiger partial charge in [0.1, 0.15) is 17.3 Å². The monoisotopic (exact) mass is 361 g/mol. The Morgan fingerprint density at radius 1 is 1.22 bits per heavy atom. The average molecular weight is 361 g/mol. The number of ether oxygens (including phenoxy) is 1. The van der Waals surface area contributed by atoms with E-state index in [9.17, 15) is 4.79 Å². The first kappa shape index (κ1) is 16.5. The molecule has 27 heavy (non-hydrogen) atoms. The third kappa shape index (κ3) is 3.13. The number of methoxy groups -OCH3 is 1. The predicted molar refractivity (Wildman–Crippen MR) is 99.7 cm³/mol. The molecule has 0 atom stereocenters. The molecule has 0 unspecified atom stereocenters. The molecular formula is C18H15N7O2. The van der Waals surface area contributed by atoms with Crippen LogP contribution in [0.15, 0.2) is 48.9 Å². The molecule has 134 valence electrons. The van der Waals surface area contributed by atoms with Crippen molar-refractivity contribution >= 4 is 28.3 Å². The van der Waals surface area contributed by atoms with Crippen LogP contribution in [0, 0.1) is 0 Å². The second kappa shape index (κ2) is 6.71. The van der Waals surface area contributed by atoms with Gasteiger partial charge in [-0.05, 0) is 30.3 Å². The number of primary amides is 1. The molecule has 9 heteroatoms. The fourth-order valence-corrected chi connectivity index (χ4v) is 2.65. The number of amides is 1. The van der Waals surface area contributed by atoms with Gasteiger partial charge in [0.2, 0.25) is 0 Å². The molecular weight excluding hydrogens is 346 g/mol. The number of H-pyrrole nitrogens is 1. The van der Waals surface area contributed by atoms with Crippen LogP contribution in [-0.2, 0) is 0 Å². The van der Waals surface area contributed by atoms with Crippen LogP contribution in [0.5, 0.6) is 5.75 Å². The number of nitrogens with zero attached hydrogens (tertiary/aromatic N) is 4. The van der Waals surface area contributed by atoms with Crippen molar-refractivity contribution in [2.24, 2.45) is 5.73 Å². The summed E-state index contributed by atoms with van der Waals surface area (Å²) in [5.41, 5.74) is 7.43. The van der Waals surface area contributed by atoms with Crippen molar-refractivity contribution in [3.05, 3.63) is 54.6 Å². The van der Waals surface area contributed by atoms with E-state index in [0.29, 0.717) is 28.6 Å². The van der Waals surface area contributed by atoms with Gasteiger partial charge in [0.25, 0.3) is 5.91 Å². The van der Waals surface area contributed by atoms with Crippen molar-refractivity contribution in [3.8, 4) is 17.1 Å². The molecule has 0 aliphatic heterocycles. The minimum atomic E-state index is -0.626. The first-order valence-corrected chi connectivity index (χ1v) is 8.02. The molecule has 0 fully saturated rings. The number of hydrogen-bond acceptors (Lipinski definition) is 7. The van der Waals surface area contributed by atoms with E-state index in [4.69, 9.17) is 10.5 Å². The maximum absolute atomic E-state index is 11.6. The van der Waals surface area contributed by atoms with Gasteiger partial charge in [-0.3, -0.25) is 14.9 Å². The van der Waals surface area contributed by atoms with Gasteiger partial charge in [-0.2, -0.15) is 5.10 Å². The number of anilines is 2. The number of pyridine rings is 1. The number of hydrogen-bond donors (Lipinski definition) is 3. The summed E-state index contributed by atoms with van der Waals surface area (Å²) in [4.78, 5) is 24.9. The quantitative estimate of drug-likeness (QED) is 0.497. The molecule has 0 spiro atoms. The van der Waals surface area contributed by atoms with E-state index in [1.54, 1.807) is 19.5 Å². The summed E-state index contributed by atoms with van der Waals surface area (Å²) < 4.78 is 5.30. The Morgan fingerprint density at radius 2 is 2.11 bits per heavy atom. The average Bonchev–Trinajstić information content (AvgIpc) is 3.16. The zero-order chi connectivity index (χ0) is 18.8. The molecule has 0 aliphatic rings. The molecule has 0 radical (unpaired) electrons. The van der Waals surface area contributed by atoms with Gasteiger partial charge < -0.3 is 15.8 Å². The molecule has 0 aliphatic carbocycles. The van der Waals surface area contributed by atoms with Crippen LogP contribution in [0.1, 0.15) is 10.5 Å². The summed E-state index contributed by atoms with van der Waals surface area (Å²) in [7, 11) is 1.58. The van der Waals surface area contributed by atoms with E-state index in [2.05, 4.69) is 30.5 Å². The van der Waals surface area contributed by atoms with Gasteiger partial charge in [-0.15, -0.1) is 0 Å². The zero-order valence-corrected chi connectivity index (χ0v) is 14.3. The number of benzene rings is 1. The lowest BCUT2D eigenvalue weighted by Gasteiger charge is -2.11. The minimum Gasteiger partial charge on any atom is -0.497 e. The van der Waals surface area contributed by atoms with Crippen molar-refractivity contribution in [1.82, 2.24) is 25.1 Å². The Kier molecular flexibility index (Phi) is 4.09. The number of rotatable bonds is 5. The normalized spacial score (nSPS) is 10.7. The summed E-state index contributed by atoms with van der Waals surface area (Å²) in [6.07, 6.45) is 4.83. The largest absolute Gasteiger partial charge is 0.497 e. The molecule has 0 saturated heterocycles. The highest BCUT2D eigenvalue weighted by Gasteiger charge is 2.15. The molecule has 0 saturated carbocycles. The van der Waals surface area contributed by atoms with Gasteiger partial charge in [0.05, 0.1) is 24.5 Å².